The molecule has 1 aromatic carbocycles. The van der Waals surface area contributed by atoms with Crippen LogP contribution in [0.2, 0.25) is 0 Å². The predicted octanol–water partition coefficient (Wildman–Crippen LogP) is 1.61. The lowest BCUT2D eigenvalue weighted by Gasteiger charge is -2.21. The molecule has 3 atom stereocenters. The molecule has 0 spiro atoms. The van der Waals surface area contributed by atoms with Crippen LogP contribution in [0.5, 0.6) is 0 Å². The van der Waals surface area contributed by atoms with Crippen LogP contribution in [-0.2, 0) is 0 Å². The third-order valence-electron chi connectivity index (χ3n) is 4.13. The number of nitrogen functional groups attached to an aromatic ring is 1. The Morgan fingerprint density at radius 3 is 2.82 bits per heavy atom. The highest BCUT2D eigenvalue weighted by Gasteiger charge is 2.42. The van der Waals surface area contributed by atoms with Crippen LogP contribution >= 0.6 is 0 Å². The van der Waals surface area contributed by atoms with Gasteiger partial charge in [-0.3, -0.25) is 0 Å². The number of fused-ring (bicyclic) bond motifs is 1. The van der Waals surface area contributed by atoms with E-state index < -0.39 is 0 Å². The lowest BCUT2D eigenvalue weighted by Crippen LogP contribution is -2.25. The van der Waals surface area contributed by atoms with E-state index in [4.69, 9.17) is 5.73 Å². The van der Waals surface area contributed by atoms with Gasteiger partial charge in [0.05, 0.1) is 11.8 Å². The average Bonchev–Trinajstić information content (AvgIpc) is 2.81. The Kier molecular flexibility index (Phi) is 2.47. The van der Waals surface area contributed by atoms with Crippen LogP contribution in [0.4, 0.5) is 15.8 Å². The van der Waals surface area contributed by atoms with Gasteiger partial charge in [-0.25, -0.2) is 4.39 Å². The molecule has 3 nitrogen and oxygen atoms in total. The lowest BCUT2D eigenvalue weighted by molar-refractivity contribution is 0.133. The van der Waals surface area contributed by atoms with Gasteiger partial charge in [-0.15, -0.1) is 0 Å². The minimum atomic E-state index is -0.264. The van der Waals surface area contributed by atoms with Crippen molar-refractivity contribution in [2.24, 2.45) is 11.8 Å². The molecule has 92 valence electrons. The minimum absolute atomic E-state index is 0.207. The van der Waals surface area contributed by atoms with Gasteiger partial charge in [0.15, 0.2) is 0 Å². The van der Waals surface area contributed by atoms with Crippen molar-refractivity contribution in [3.63, 3.8) is 0 Å². The predicted molar refractivity (Wildman–Crippen MR) is 65.2 cm³/mol. The zero-order chi connectivity index (χ0) is 12.0. The highest BCUT2D eigenvalue weighted by Crippen LogP contribution is 2.40. The molecule has 0 radical (unpaired) electrons. The number of nitrogens with two attached hydrogens (primary N) is 1. The number of rotatable bonds is 1. The van der Waals surface area contributed by atoms with E-state index in [-0.39, 0.29) is 11.9 Å². The maximum atomic E-state index is 13.8. The number of anilines is 2. The zero-order valence-electron chi connectivity index (χ0n) is 9.64. The van der Waals surface area contributed by atoms with E-state index in [2.05, 4.69) is 0 Å². The summed E-state index contributed by atoms with van der Waals surface area (Å²) in [4.78, 5) is 2.03. The first-order valence-electron chi connectivity index (χ1n) is 6.13. The first-order valence-corrected chi connectivity index (χ1v) is 6.13. The maximum absolute atomic E-state index is 13.8. The molecule has 17 heavy (non-hydrogen) atoms. The molecule has 1 aliphatic carbocycles. The van der Waals surface area contributed by atoms with Crippen LogP contribution in [0.15, 0.2) is 18.2 Å². The second-order valence-corrected chi connectivity index (χ2v) is 5.18. The molecular formula is C13H17FN2O. The first-order chi connectivity index (χ1) is 8.15. The second kappa shape index (κ2) is 3.88. The standard InChI is InChI=1S/C13H17FN2O/c14-11-5-9(15)2-3-12(11)16-6-8-1-4-13(17)10(8)7-16/h2-3,5,8,10,13,17H,1,4,6-7,15H2. The summed E-state index contributed by atoms with van der Waals surface area (Å²) in [5, 5.41) is 9.84. The van der Waals surface area contributed by atoms with Crippen LogP contribution in [0, 0.1) is 17.7 Å². The Morgan fingerprint density at radius 1 is 1.29 bits per heavy atom. The average molecular weight is 236 g/mol. The van der Waals surface area contributed by atoms with E-state index in [1.54, 1.807) is 12.1 Å². The molecule has 1 aromatic rings. The molecule has 2 aliphatic rings. The highest BCUT2D eigenvalue weighted by atomic mass is 19.1. The fourth-order valence-corrected chi connectivity index (χ4v) is 3.21. The van der Waals surface area contributed by atoms with E-state index in [1.807, 2.05) is 4.90 Å². The van der Waals surface area contributed by atoms with Gasteiger partial charge >= 0.3 is 0 Å². The van der Waals surface area contributed by atoms with Crippen molar-refractivity contribution in [3.05, 3.63) is 24.0 Å². The van der Waals surface area contributed by atoms with Crippen molar-refractivity contribution in [1.29, 1.82) is 0 Å². The van der Waals surface area contributed by atoms with Crippen LogP contribution in [0.25, 0.3) is 0 Å². The normalized spacial score (nSPS) is 31.9. The molecule has 1 aliphatic heterocycles. The van der Waals surface area contributed by atoms with Gasteiger partial charge < -0.3 is 15.7 Å². The van der Waals surface area contributed by atoms with E-state index >= 15 is 0 Å². The molecule has 3 N–H and O–H groups in total. The summed E-state index contributed by atoms with van der Waals surface area (Å²) in [6.45, 7) is 1.61. The fraction of sp³-hybridized carbons (Fsp3) is 0.538. The van der Waals surface area contributed by atoms with Crippen molar-refractivity contribution >= 4 is 11.4 Å². The Bertz CT molecular complexity index is 437. The van der Waals surface area contributed by atoms with Gasteiger partial charge in [0.25, 0.3) is 0 Å². The molecule has 3 rings (SSSR count). The smallest absolute Gasteiger partial charge is 0.148 e. The van der Waals surface area contributed by atoms with Crippen molar-refractivity contribution in [3.8, 4) is 0 Å². The number of hydrogen-bond donors (Lipinski definition) is 2. The van der Waals surface area contributed by atoms with Gasteiger partial charge in [0, 0.05) is 24.7 Å². The zero-order valence-corrected chi connectivity index (χ0v) is 9.64. The van der Waals surface area contributed by atoms with Crippen LogP contribution in [0.1, 0.15) is 12.8 Å². The molecule has 0 amide bonds. The molecule has 1 saturated carbocycles. The van der Waals surface area contributed by atoms with Gasteiger partial charge in [0.1, 0.15) is 5.82 Å². The van der Waals surface area contributed by atoms with Crippen molar-refractivity contribution in [2.75, 3.05) is 23.7 Å². The fourth-order valence-electron chi connectivity index (χ4n) is 3.21. The Morgan fingerprint density at radius 2 is 2.12 bits per heavy atom. The largest absolute Gasteiger partial charge is 0.399 e. The Hall–Kier alpha value is -1.29. The molecule has 0 bridgehead atoms. The SMILES string of the molecule is Nc1ccc(N2CC3CCC(O)C3C2)c(F)c1. The summed E-state index contributed by atoms with van der Waals surface area (Å²) in [7, 11) is 0. The summed E-state index contributed by atoms with van der Waals surface area (Å²) in [5.74, 6) is 0.563. The van der Waals surface area contributed by atoms with Crippen LogP contribution in [0.3, 0.4) is 0 Å². The summed E-state index contributed by atoms with van der Waals surface area (Å²) in [6.07, 6.45) is 1.74. The van der Waals surface area contributed by atoms with Crippen LogP contribution in [-0.4, -0.2) is 24.3 Å². The van der Waals surface area contributed by atoms with Crippen molar-refractivity contribution in [1.82, 2.24) is 0 Å². The minimum Gasteiger partial charge on any atom is -0.399 e. The van der Waals surface area contributed by atoms with E-state index in [1.165, 1.54) is 6.07 Å². The number of nitrogens with zero attached hydrogens (tertiary/aromatic N) is 1. The first kappa shape index (κ1) is 10.8. The lowest BCUT2D eigenvalue weighted by atomic mass is 10.00. The third-order valence-corrected chi connectivity index (χ3v) is 4.13. The molecule has 3 unspecified atom stereocenters. The van der Waals surface area contributed by atoms with Crippen molar-refractivity contribution in [2.45, 2.75) is 18.9 Å². The molecule has 4 heteroatoms. The molecule has 0 aromatic heterocycles. The summed E-state index contributed by atoms with van der Waals surface area (Å²) < 4.78 is 13.8. The second-order valence-electron chi connectivity index (χ2n) is 5.18. The van der Waals surface area contributed by atoms with Crippen LogP contribution < -0.4 is 10.6 Å². The summed E-state index contributed by atoms with van der Waals surface area (Å²) >= 11 is 0. The topological polar surface area (TPSA) is 49.5 Å². The van der Waals surface area contributed by atoms with Gasteiger partial charge in [-0.1, -0.05) is 0 Å². The number of hydrogen-bond acceptors (Lipinski definition) is 3. The van der Waals surface area contributed by atoms with Crippen molar-refractivity contribution < 1.29 is 9.50 Å². The molecule has 1 saturated heterocycles. The Balaban J connectivity index is 1.83. The van der Waals surface area contributed by atoms with Gasteiger partial charge in [-0.2, -0.15) is 0 Å². The van der Waals surface area contributed by atoms with E-state index in [9.17, 15) is 9.50 Å². The highest BCUT2D eigenvalue weighted by molar-refractivity contribution is 5.55. The molecule has 1 heterocycles. The number of halogens is 1. The van der Waals surface area contributed by atoms with E-state index in [0.717, 1.165) is 25.9 Å². The molecule has 2 fully saturated rings. The number of benzene rings is 1. The maximum Gasteiger partial charge on any atom is 0.148 e. The number of aliphatic hydroxyl groups is 1. The Labute approximate surface area is 100 Å². The quantitative estimate of drug-likeness (QED) is 0.728. The summed E-state index contributed by atoms with van der Waals surface area (Å²) in [5.41, 5.74) is 6.60. The third kappa shape index (κ3) is 1.76. The van der Waals surface area contributed by atoms with E-state index in [0.29, 0.717) is 23.2 Å². The summed E-state index contributed by atoms with van der Waals surface area (Å²) in [6, 6.07) is 4.82. The number of aliphatic hydroxyl groups excluding tert-OH is 1. The monoisotopic (exact) mass is 236 g/mol. The molecular weight excluding hydrogens is 219 g/mol. The van der Waals surface area contributed by atoms with Gasteiger partial charge in [-0.05, 0) is 37.0 Å². The van der Waals surface area contributed by atoms with Gasteiger partial charge in [0.2, 0.25) is 0 Å².